The van der Waals surface area contributed by atoms with Crippen molar-refractivity contribution in [3.8, 4) is 0 Å². The summed E-state index contributed by atoms with van der Waals surface area (Å²) in [5.41, 5.74) is 7.49. The van der Waals surface area contributed by atoms with E-state index in [9.17, 15) is 19.2 Å². The molecule has 154 valence electrons. The lowest BCUT2D eigenvalue weighted by Gasteiger charge is -2.27. The molecule has 8 heteroatoms. The van der Waals surface area contributed by atoms with E-state index >= 15 is 0 Å². The molecule has 0 radical (unpaired) electrons. The monoisotopic (exact) mass is 398 g/mol. The molecular weight excluding hydrogens is 372 g/mol. The molecule has 3 aliphatic rings. The first-order valence-electron chi connectivity index (χ1n) is 10.2. The molecule has 29 heavy (non-hydrogen) atoms. The summed E-state index contributed by atoms with van der Waals surface area (Å²) >= 11 is 0. The lowest BCUT2D eigenvalue weighted by Crippen LogP contribution is -2.54. The van der Waals surface area contributed by atoms with Crippen molar-refractivity contribution < 1.29 is 19.2 Å². The minimum Gasteiger partial charge on any atom is -0.330 e. The van der Waals surface area contributed by atoms with E-state index in [0.29, 0.717) is 30.1 Å². The van der Waals surface area contributed by atoms with Crippen molar-refractivity contribution in [3.63, 3.8) is 0 Å². The van der Waals surface area contributed by atoms with Gasteiger partial charge in [-0.05, 0) is 56.0 Å². The van der Waals surface area contributed by atoms with Gasteiger partial charge in [-0.2, -0.15) is 0 Å². The summed E-state index contributed by atoms with van der Waals surface area (Å²) < 4.78 is 0. The molecule has 0 aliphatic carbocycles. The van der Waals surface area contributed by atoms with Crippen molar-refractivity contribution in [2.24, 2.45) is 11.7 Å². The minimum absolute atomic E-state index is 0.117. The number of fused-ring (bicyclic) bond motifs is 1. The predicted octanol–water partition coefficient (Wildman–Crippen LogP) is 0.649. The maximum atomic E-state index is 12.9. The quantitative estimate of drug-likeness (QED) is 0.720. The van der Waals surface area contributed by atoms with Crippen LogP contribution < -0.4 is 11.1 Å². The number of carbonyl (C=O) groups excluding carboxylic acids is 4. The summed E-state index contributed by atoms with van der Waals surface area (Å²) in [5.74, 6) is -1.41. The Morgan fingerprint density at radius 1 is 1.03 bits per heavy atom. The molecule has 0 saturated carbocycles. The number of benzene rings is 1. The topological polar surface area (TPSA) is 113 Å². The average molecular weight is 398 g/mol. The van der Waals surface area contributed by atoms with Gasteiger partial charge in [0.2, 0.25) is 11.8 Å². The summed E-state index contributed by atoms with van der Waals surface area (Å²) in [6.07, 6.45) is 3.73. The molecule has 4 rings (SSSR count). The highest BCUT2D eigenvalue weighted by molar-refractivity contribution is 6.23. The highest BCUT2D eigenvalue weighted by Crippen LogP contribution is 2.29. The number of nitrogens with one attached hydrogen (secondary N) is 1. The third-order valence-electron chi connectivity index (χ3n) is 6.10. The lowest BCUT2D eigenvalue weighted by atomic mass is 10.0. The van der Waals surface area contributed by atoms with Crippen LogP contribution in [-0.2, 0) is 16.1 Å². The SMILES string of the molecule is NCC1CCCCN(Cc2ccc3c(c2)C(=O)N(C2CCC(=O)NC2=O)C3=O)C1. The van der Waals surface area contributed by atoms with E-state index in [2.05, 4.69) is 10.2 Å². The van der Waals surface area contributed by atoms with E-state index < -0.39 is 23.8 Å². The van der Waals surface area contributed by atoms with Gasteiger partial charge in [-0.25, -0.2) is 0 Å². The van der Waals surface area contributed by atoms with Crippen molar-refractivity contribution in [3.05, 3.63) is 34.9 Å². The molecule has 3 heterocycles. The van der Waals surface area contributed by atoms with E-state index in [1.54, 1.807) is 12.1 Å². The molecule has 1 aromatic rings. The fraction of sp³-hybridized carbons (Fsp3) is 0.524. The Labute approximate surface area is 169 Å². The van der Waals surface area contributed by atoms with Gasteiger partial charge in [0.05, 0.1) is 11.1 Å². The zero-order valence-corrected chi connectivity index (χ0v) is 16.4. The van der Waals surface area contributed by atoms with Crippen LogP contribution in [0, 0.1) is 5.92 Å². The lowest BCUT2D eigenvalue weighted by molar-refractivity contribution is -0.136. The fourth-order valence-corrected chi connectivity index (χ4v) is 4.53. The number of hydrogen-bond donors (Lipinski definition) is 2. The van der Waals surface area contributed by atoms with E-state index in [4.69, 9.17) is 5.73 Å². The van der Waals surface area contributed by atoms with Gasteiger partial charge in [-0.3, -0.25) is 34.3 Å². The van der Waals surface area contributed by atoms with Gasteiger partial charge in [-0.1, -0.05) is 12.5 Å². The predicted molar refractivity (Wildman–Crippen MR) is 105 cm³/mol. The van der Waals surface area contributed by atoms with Gasteiger partial charge >= 0.3 is 0 Å². The van der Waals surface area contributed by atoms with Crippen molar-refractivity contribution in [2.75, 3.05) is 19.6 Å². The van der Waals surface area contributed by atoms with Crippen LogP contribution in [0.4, 0.5) is 0 Å². The Kier molecular flexibility index (Phi) is 5.47. The number of likely N-dealkylation sites (tertiary alicyclic amines) is 1. The number of imide groups is 2. The standard InChI is InChI=1S/C21H26N4O4/c22-10-14-3-1-2-8-24(12-14)11-13-4-5-15-16(9-13)21(29)25(20(15)28)17-6-7-18(26)23-19(17)27/h4-5,9,14,17H,1-3,6-8,10-12,22H2,(H,23,26,27). The summed E-state index contributed by atoms with van der Waals surface area (Å²) in [5, 5.41) is 2.21. The van der Waals surface area contributed by atoms with Crippen LogP contribution in [0.2, 0.25) is 0 Å². The van der Waals surface area contributed by atoms with E-state index in [1.165, 1.54) is 6.42 Å². The second-order valence-electron chi connectivity index (χ2n) is 8.16. The fourth-order valence-electron chi connectivity index (χ4n) is 4.53. The third-order valence-corrected chi connectivity index (χ3v) is 6.10. The zero-order chi connectivity index (χ0) is 20.5. The molecule has 2 atom stereocenters. The highest BCUT2D eigenvalue weighted by Gasteiger charge is 2.44. The molecule has 3 N–H and O–H groups in total. The number of nitrogens with zero attached hydrogens (tertiary/aromatic N) is 2. The third kappa shape index (κ3) is 3.82. The number of rotatable bonds is 4. The first kappa shape index (κ1) is 19.7. The van der Waals surface area contributed by atoms with E-state index in [0.717, 1.165) is 36.4 Å². The summed E-state index contributed by atoms with van der Waals surface area (Å²) in [6.45, 7) is 3.30. The maximum Gasteiger partial charge on any atom is 0.262 e. The molecule has 2 saturated heterocycles. The van der Waals surface area contributed by atoms with Crippen molar-refractivity contribution in [2.45, 2.75) is 44.7 Å². The first-order chi connectivity index (χ1) is 14.0. The first-order valence-corrected chi connectivity index (χ1v) is 10.2. The smallest absolute Gasteiger partial charge is 0.262 e. The van der Waals surface area contributed by atoms with Crippen molar-refractivity contribution in [1.82, 2.24) is 15.1 Å². The van der Waals surface area contributed by atoms with Crippen molar-refractivity contribution >= 4 is 23.6 Å². The van der Waals surface area contributed by atoms with Gasteiger partial charge in [-0.15, -0.1) is 0 Å². The molecule has 3 aliphatic heterocycles. The van der Waals surface area contributed by atoms with Crippen molar-refractivity contribution in [1.29, 1.82) is 0 Å². The van der Waals surface area contributed by atoms with E-state index in [1.807, 2.05) is 6.07 Å². The van der Waals surface area contributed by atoms with Crippen LogP contribution in [0.15, 0.2) is 18.2 Å². The Morgan fingerprint density at radius 2 is 1.83 bits per heavy atom. The van der Waals surface area contributed by atoms with Crippen LogP contribution >= 0.6 is 0 Å². The molecule has 2 unspecified atom stereocenters. The van der Waals surface area contributed by atoms with Gasteiger partial charge < -0.3 is 5.73 Å². The molecule has 2 fully saturated rings. The molecule has 8 nitrogen and oxygen atoms in total. The highest BCUT2D eigenvalue weighted by atomic mass is 16.2. The minimum atomic E-state index is -0.931. The Morgan fingerprint density at radius 3 is 2.59 bits per heavy atom. The average Bonchev–Trinajstić information content (AvgIpc) is 2.85. The Hall–Kier alpha value is -2.58. The molecular formula is C21H26N4O4. The normalized spacial score (nSPS) is 25.8. The van der Waals surface area contributed by atoms with Crippen LogP contribution in [0.5, 0.6) is 0 Å². The van der Waals surface area contributed by atoms with Crippen LogP contribution in [0.25, 0.3) is 0 Å². The Bertz CT molecular complexity index is 868. The van der Waals surface area contributed by atoms with Gasteiger partial charge in [0.15, 0.2) is 0 Å². The molecule has 0 spiro atoms. The number of carbonyl (C=O) groups is 4. The second-order valence-corrected chi connectivity index (χ2v) is 8.16. The molecule has 0 aromatic heterocycles. The summed E-state index contributed by atoms with van der Waals surface area (Å²) in [6, 6.07) is 4.39. The molecule has 4 amide bonds. The largest absolute Gasteiger partial charge is 0.330 e. The van der Waals surface area contributed by atoms with Crippen LogP contribution in [0.3, 0.4) is 0 Å². The molecule has 0 bridgehead atoms. The zero-order valence-electron chi connectivity index (χ0n) is 16.4. The summed E-state index contributed by atoms with van der Waals surface area (Å²) in [4.78, 5) is 52.6. The number of piperidine rings is 1. The Balaban J connectivity index is 1.52. The second kappa shape index (κ2) is 8.04. The van der Waals surface area contributed by atoms with Crippen LogP contribution in [-0.4, -0.2) is 59.1 Å². The van der Waals surface area contributed by atoms with Gasteiger partial charge in [0.1, 0.15) is 6.04 Å². The number of hydrogen-bond acceptors (Lipinski definition) is 6. The summed E-state index contributed by atoms with van der Waals surface area (Å²) in [7, 11) is 0. The van der Waals surface area contributed by atoms with Gasteiger partial charge in [0.25, 0.3) is 11.8 Å². The number of amides is 4. The number of nitrogens with two attached hydrogens (primary N) is 1. The van der Waals surface area contributed by atoms with E-state index in [-0.39, 0.29) is 18.7 Å². The van der Waals surface area contributed by atoms with Gasteiger partial charge in [0, 0.05) is 19.5 Å². The molecule has 1 aromatic carbocycles. The van der Waals surface area contributed by atoms with Crippen LogP contribution in [0.1, 0.15) is 58.4 Å². The maximum absolute atomic E-state index is 12.9.